The fourth-order valence-corrected chi connectivity index (χ4v) is 8.56. The van der Waals surface area contributed by atoms with Gasteiger partial charge in [0.15, 0.2) is 5.43 Å². The van der Waals surface area contributed by atoms with Crippen molar-refractivity contribution in [3.8, 4) is 33.9 Å². The molecule has 1 aliphatic carbocycles. The van der Waals surface area contributed by atoms with Gasteiger partial charge in [-0.25, -0.2) is 19.1 Å². The first-order valence-electron chi connectivity index (χ1n) is 23.3. The third-order valence-electron chi connectivity index (χ3n) is 11.9. The van der Waals surface area contributed by atoms with E-state index in [1.807, 2.05) is 0 Å². The number of hydrogen-bond donors (Lipinski definition) is 7. The minimum Gasteiger partial charge on any atom is -0.507 e. The van der Waals surface area contributed by atoms with Gasteiger partial charge in [-0.15, -0.1) is 0 Å². The number of aliphatic carboxylic acids is 1. The van der Waals surface area contributed by atoms with Crippen LogP contribution in [0, 0.1) is 0 Å². The molecular weight excluding hydrogens is 1100 g/mol. The number of carbonyl (C=O) groups excluding carboxylic acids is 4. The van der Waals surface area contributed by atoms with E-state index < -0.39 is 76.4 Å². The fourth-order valence-electron chi connectivity index (χ4n) is 8.22. The first-order chi connectivity index (χ1) is 37.1. The van der Waals surface area contributed by atoms with Crippen LogP contribution in [0.3, 0.4) is 0 Å². The van der Waals surface area contributed by atoms with Crippen LogP contribution in [0.25, 0.3) is 50.1 Å². The molecule has 6 aromatic rings. The summed E-state index contributed by atoms with van der Waals surface area (Å²) < 4.78 is 62.1. The van der Waals surface area contributed by atoms with E-state index in [-0.39, 0.29) is 103 Å². The number of carbonyl (C=O) groups is 6. The number of rotatable bonds is 20. The van der Waals surface area contributed by atoms with Crippen molar-refractivity contribution in [1.29, 1.82) is 0 Å². The summed E-state index contributed by atoms with van der Waals surface area (Å²) in [4.78, 5) is 118. The quantitative estimate of drug-likeness (QED) is 0.0300. The van der Waals surface area contributed by atoms with Crippen LogP contribution in [0.5, 0.6) is 5.75 Å². The summed E-state index contributed by atoms with van der Waals surface area (Å²) in [5.74, 6) is -4.43. The second-order valence-electron chi connectivity index (χ2n) is 17.2. The van der Waals surface area contributed by atoms with Crippen LogP contribution in [0.1, 0.15) is 50.4 Å². The largest absolute Gasteiger partial charge is 0.507 e. The minimum absolute atomic E-state index is 0.00776. The Balaban J connectivity index is 0.737. The molecule has 1 aliphatic heterocycles. The Labute approximate surface area is 443 Å². The van der Waals surface area contributed by atoms with Gasteiger partial charge in [0.2, 0.25) is 11.8 Å². The number of H-pyrrole nitrogens is 1. The maximum absolute atomic E-state index is 14.2. The van der Waals surface area contributed by atoms with Crippen molar-refractivity contribution < 1.29 is 71.1 Å². The minimum atomic E-state index is -4.94. The number of nitrogens with one attached hydrogen (secondary N) is 4. The number of ether oxygens (including phenoxy) is 2. The molecule has 0 fully saturated rings. The molecular formula is C51H42BrF3N8O15. The Morgan fingerprint density at radius 1 is 0.833 bits per heavy atom. The number of carboxylic acids is 2. The molecule has 3 aromatic heterocycles. The lowest BCUT2D eigenvalue weighted by molar-refractivity contribution is -0.138. The second kappa shape index (κ2) is 23.3. The number of aromatic amines is 1. The number of alkyl halides is 3. The van der Waals surface area contributed by atoms with E-state index in [4.69, 9.17) is 13.9 Å². The molecule has 0 spiro atoms. The number of aromatic hydroxyl groups is 1. The Morgan fingerprint density at radius 2 is 1.59 bits per heavy atom. The zero-order chi connectivity index (χ0) is 56.0. The lowest BCUT2D eigenvalue weighted by atomic mass is 9.90. The highest BCUT2D eigenvalue weighted by Crippen LogP contribution is 2.44. The molecule has 0 saturated heterocycles. The number of phenolic OH excluding ortho intramolecular Hbond substituents is 1. The molecule has 0 bridgehead atoms. The van der Waals surface area contributed by atoms with Crippen LogP contribution in [0.15, 0.2) is 115 Å². The summed E-state index contributed by atoms with van der Waals surface area (Å²) in [6.07, 6.45) is -0.799. The van der Waals surface area contributed by atoms with Gasteiger partial charge in [-0.2, -0.15) is 13.2 Å². The van der Waals surface area contributed by atoms with Crippen LogP contribution in [-0.2, 0) is 49.5 Å². The summed E-state index contributed by atoms with van der Waals surface area (Å²) in [6.45, 7) is -1.20. The molecule has 0 atom stereocenters. The van der Waals surface area contributed by atoms with Crippen molar-refractivity contribution in [3.63, 3.8) is 0 Å². The summed E-state index contributed by atoms with van der Waals surface area (Å²) in [5, 5.41) is 38.1. The molecule has 404 valence electrons. The third-order valence-corrected chi connectivity index (χ3v) is 12.5. The molecule has 4 heterocycles. The number of amides is 3. The summed E-state index contributed by atoms with van der Waals surface area (Å²) in [7, 11) is 0. The predicted molar refractivity (Wildman–Crippen MR) is 272 cm³/mol. The van der Waals surface area contributed by atoms with Crippen LogP contribution in [0.2, 0.25) is 0 Å². The van der Waals surface area contributed by atoms with Gasteiger partial charge in [-0.05, 0) is 75.6 Å². The van der Waals surface area contributed by atoms with Crippen molar-refractivity contribution in [2.24, 2.45) is 0 Å². The molecule has 0 radical (unpaired) electrons. The van der Waals surface area contributed by atoms with Crippen molar-refractivity contribution >= 4 is 73.7 Å². The van der Waals surface area contributed by atoms with Crippen LogP contribution < -0.4 is 32.5 Å². The van der Waals surface area contributed by atoms with E-state index >= 15 is 0 Å². The number of fused-ring (bicyclic) bond motifs is 3. The fraction of sp³-hybridized carbons (Fsp3) is 0.216. The number of aromatic carboxylic acids is 1. The van der Waals surface area contributed by atoms with Crippen molar-refractivity contribution in [1.82, 2.24) is 39.6 Å². The van der Waals surface area contributed by atoms with E-state index in [9.17, 15) is 71.6 Å². The molecule has 23 nitrogen and oxygen atoms in total. The normalized spacial score (nSPS) is 11.5. The number of imidazole rings is 1. The van der Waals surface area contributed by atoms with Gasteiger partial charge in [0.25, 0.3) is 5.91 Å². The zero-order valence-corrected chi connectivity index (χ0v) is 41.9. The second-order valence-corrected chi connectivity index (χ2v) is 18.0. The molecule has 3 amide bonds. The maximum atomic E-state index is 14.2. The highest BCUT2D eigenvalue weighted by Gasteiger charge is 2.35. The topological polar surface area (TPSA) is 325 Å². The van der Waals surface area contributed by atoms with Gasteiger partial charge in [-0.1, -0.05) is 6.07 Å². The lowest BCUT2D eigenvalue weighted by Gasteiger charge is -2.17. The Bertz CT molecular complexity index is 3840. The summed E-state index contributed by atoms with van der Waals surface area (Å²) in [5.41, 5.74) is -3.43. The molecule has 3 aromatic carbocycles. The van der Waals surface area contributed by atoms with Gasteiger partial charge in [0.05, 0.1) is 51.2 Å². The standard InChI is InChI=1S/C51H42BrF3N8O15/c52-35-17-33-41(20-39(35)65)78-40-16-29(64)2-4-31(40)45(33)30-3-1-27(15-32(30)49(73)74)46(70)57-10-12-76-13-14-77-50(75)62-23-28(59-25-62)7-9-56-42(66)5-6-43(67)58-21-26-8-11-61(22-26)37-19-38-36(18-34(37)51(53,54)55)60-47(71)48(72)63(38)24-44(68)69/h1-4,8,11,15-20,22-23,25,65H,5-7,9-10,12-14,21,24H2,(H,56,66)(H,57,70)(H,58,67)(H,60,71)(H,68,69)(H,73,74). The van der Waals surface area contributed by atoms with Gasteiger partial charge < -0.3 is 54.7 Å². The smallest absolute Gasteiger partial charge is 0.419 e. The van der Waals surface area contributed by atoms with Crippen molar-refractivity contribution in [2.75, 3.05) is 32.9 Å². The van der Waals surface area contributed by atoms with E-state index in [0.717, 1.165) is 15.2 Å². The predicted octanol–water partition coefficient (Wildman–Crippen LogP) is 5.01. The number of benzene rings is 4. The van der Waals surface area contributed by atoms with Gasteiger partial charge in [-0.3, -0.25) is 38.1 Å². The first-order valence-corrected chi connectivity index (χ1v) is 24.1. The number of nitrogens with zero attached hydrogens (tertiary/aromatic N) is 4. The average Bonchev–Trinajstić information content (AvgIpc) is 4.13. The molecule has 2 aliphatic rings. The average molecular weight is 1140 g/mol. The highest BCUT2D eigenvalue weighted by atomic mass is 79.9. The van der Waals surface area contributed by atoms with Crippen LogP contribution in [0.4, 0.5) is 18.0 Å². The zero-order valence-electron chi connectivity index (χ0n) is 40.3. The summed E-state index contributed by atoms with van der Waals surface area (Å²) >= 11 is 3.28. The van der Waals surface area contributed by atoms with Crippen LogP contribution >= 0.6 is 15.9 Å². The highest BCUT2D eigenvalue weighted by molar-refractivity contribution is 9.10. The Kier molecular flexibility index (Phi) is 16.4. The van der Waals surface area contributed by atoms with Gasteiger partial charge >= 0.3 is 35.3 Å². The van der Waals surface area contributed by atoms with Crippen molar-refractivity contribution in [3.05, 3.63) is 155 Å². The van der Waals surface area contributed by atoms with E-state index in [2.05, 4.69) is 41.8 Å². The van der Waals surface area contributed by atoms with E-state index in [0.29, 0.717) is 42.9 Å². The lowest BCUT2D eigenvalue weighted by Crippen LogP contribution is -2.38. The molecule has 0 saturated carbocycles. The number of hydrogen-bond acceptors (Lipinski definition) is 14. The molecule has 0 unspecified atom stereocenters. The molecule has 8 rings (SSSR count). The monoisotopic (exact) mass is 1140 g/mol. The third kappa shape index (κ3) is 12.6. The number of phenols is 1. The maximum Gasteiger partial charge on any atom is 0.419 e. The molecule has 7 N–H and O–H groups in total. The van der Waals surface area contributed by atoms with Crippen LogP contribution in [-0.4, -0.2) is 108 Å². The summed E-state index contributed by atoms with van der Waals surface area (Å²) in [6, 6.07) is 14.0. The van der Waals surface area contributed by atoms with Gasteiger partial charge in [0, 0.05) is 91.7 Å². The van der Waals surface area contributed by atoms with E-state index in [1.165, 1.54) is 73.4 Å². The Hall–Kier alpha value is -9.37. The van der Waals surface area contributed by atoms with E-state index in [1.54, 1.807) is 6.07 Å². The van der Waals surface area contributed by atoms with Gasteiger partial charge in [0.1, 0.15) is 36.6 Å². The SMILES string of the molecule is O=C(O)Cn1c(=O)c(=O)[nH]c2cc(C(F)(F)F)c(-n3ccc(CNC(=O)CCC(=O)NCCc4cn(C(=O)OCCOCCNC(=O)c5ccc(-c6c7ccc(=O)cc-7oc7cc(O)c(Br)cc67)c(C(=O)O)c5)cn4)c3)cc21. The number of carboxylic acid groups (broad SMARTS) is 2. The molecule has 78 heavy (non-hydrogen) atoms. The Morgan fingerprint density at radius 3 is 2.33 bits per heavy atom. The van der Waals surface area contributed by atoms with Crippen molar-refractivity contribution in [2.45, 2.75) is 38.5 Å². The molecule has 27 heteroatoms. The number of halogens is 4. The number of aromatic nitrogens is 5. The first kappa shape index (κ1) is 54.9.